The number of anilines is 1. The number of Topliss-reactive ketones (excluding diaryl/α,β-unsaturated/α-hetero) is 1. The molecule has 7 rings (SSSR count). The van der Waals surface area contributed by atoms with Gasteiger partial charge in [-0.15, -0.1) is 0 Å². The third-order valence-corrected chi connectivity index (χ3v) is 11.9. The van der Waals surface area contributed by atoms with Crippen LogP contribution in [0.3, 0.4) is 0 Å². The number of carbonyl (C=O) groups is 3. The number of fused-ring (bicyclic) bond motifs is 1. The second-order valence-electron chi connectivity index (χ2n) is 15.3. The molecule has 1 N–H and O–H groups in total. The van der Waals surface area contributed by atoms with Crippen LogP contribution in [0.2, 0.25) is 12.1 Å². The molecule has 2 amide bonds. The van der Waals surface area contributed by atoms with E-state index in [4.69, 9.17) is 5.10 Å². The van der Waals surface area contributed by atoms with E-state index in [1.165, 1.54) is 37.6 Å². The summed E-state index contributed by atoms with van der Waals surface area (Å²) in [5.41, 5.74) is 5.51. The summed E-state index contributed by atoms with van der Waals surface area (Å²) in [7, 11) is 2.58. The number of aryl methyl sites for hydroxylation is 2. The molecule has 1 aliphatic heterocycles. The molecule has 4 heterocycles. The van der Waals surface area contributed by atoms with Gasteiger partial charge in [-0.2, -0.15) is 5.10 Å². The Kier molecular flexibility index (Phi) is 11.9. The van der Waals surface area contributed by atoms with Crippen LogP contribution in [-0.2, 0) is 16.1 Å². The number of nitrogens with zero attached hydrogens (tertiary/aromatic N) is 6. The molecule has 1 aromatic carbocycles. The van der Waals surface area contributed by atoms with Gasteiger partial charge < -0.3 is 10.2 Å². The fourth-order valence-corrected chi connectivity index (χ4v) is 8.37. The Balaban J connectivity index is 0.000000362. The molecule has 0 spiro atoms. The smallest absolute Gasteiger partial charge is 0.244 e. The summed E-state index contributed by atoms with van der Waals surface area (Å²) in [4.78, 5) is 51.3. The topological polar surface area (TPSA) is 123 Å². The van der Waals surface area contributed by atoms with Crippen LogP contribution >= 0.6 is 15.9 Å². The number of amides is 2. The van der Waals surface area contributed by atoms with Gasteiger partial charge in [0.15, 0.2) is 5.78 Å². The zero-order valence-corrected chi connectivity index (χ0v) is 32.8. The predicted molar refractivity (Wildman–Crippen MR) is 210 cm³/mol. The van der Waals surface area contributed by atoms with E-state index in [0.717, 1.165) is 64.6 Å². The van der Waals surface area contributed by atoms with Gasteiger partial charge in [0.25, 0.3) is 0 Å². The van der Waals surface area contributed by atoms with E-state index in [9.17, 15) is 14.4 Å². The first kappa shape index (κ1) is 37.8. The number of ketones is 1. The Bertz CT molecular complexity index is 1930. The molecular formula is C40H50BBrN7O3. The number of benzene rings is 1. The molecule has 2 saturated carbocycles. The second kappa shape index (κ2) is 16.4. The molecule has 52 heavy (non-hydrogen) atoms. The zero-order valence-electron chi connectivity index (χ0n) is 31.2. The van der Waals surface area contributed by atoms with Crippen LogP contribution in [0.4, 0.5) is 5.82 Å². The summed E-state index contributed by atoms with van der Waals surface area (Å²) in [5, 5.41) is 8.02. The fourth-order valence-electron chi connectivity index (χ4n) is 8.06. The van der Waals surface area contributed by atoms with Crippen LogP contribution in [-0.4, -0.2) is 67.6 Å². The quantitative estimate of drug-likeness (QED) is 0.0707. The third-order valence-electron chi connectivity index (χ3n) is 11.5. The van der Waals surface area contributed by atoms with Crippen molar-refractivity contribution in [2.24, 2.45) is 17.8 Å². The lowest BCUT2D eigenvalue weighted by Crippen LogP contribution is -2.36. The van der Waals surface area contributed by atoms with E-state index in [1.807, 2.05) is 43.3 Å². The van der Waals surface area contributed by atoms with E-state index in [1.54, 1.807) is 11.6 Å². The Morgan fingerprint density at radius 3 is 2.44 bits per heavy atom. The van der Waals surface area contributed by atoms with E-state index < -0.39 is 0 Å². The molecule has 3 aromatic heterocycles. The molecule has 12 heteroatoms. The molecule has 1 saturated heterocycles. The van der Waals surface area contributed by atoms with Crippen molar-refractivity contribution in [3.05, 3.63) is 63.9 Å². The number of nitrogens with one attached hydrogen (secondary N) is 1. The van der Waals surface area contributed by atoms with E-state index in [0.29, 0.717) is 40.2 Å². The second-order valence-corrected chi connectivity index (χ2v) is 16.1. The van der Waals surface area contributed by atoms with E-state index >= 15 is 0 Å². The lowest BCUT2D eigenvalue weighted by atomic mass is 9.45. The van der Waals surface area contributed by atoms with Crippen molar-refractivity contribution in [1.82, 2.24) is 29.6 Å². The minimum absolute atomic E-state index is 0.0683. The number of rotatable bonds is 11. The number of aromatic nitrogens is 5. The monoisotopic (exact) mass is 766 g/mol. The Hall–Kier alpha value is -3.93. The van der Waals surface area contributed by atoms with Gasteiger partial charge in [-0.25, -0.2) is 15.0 Å². The Labute approximate surface area is 316 Å². The lowest BCUT2D eigenvalue weighted by molar-refractivity contribution is -0.132. The minimum Gasteiger partial charge on any atom is -0.338 e. The summed E-state index contributed by atoms with van der Waals surface area (Å²) in [5.74, 6) is 4.36. The van der Waals surface area contributed by atoms with Gasteiger partial charge in [0.05, 0.1) is 5.52 Å². The van der Waals surface area contributed by atoms with Crippen LogP contribution in [0, 0.1) is 31.6 Å². The molecule has 3 fully saturated rings. The maximum absolute atomic E-state index is 13.4. The van der Waals surface area contributed by atoms with Crippen molar-refractivity contribution in [3.63, 3.8) is 0 Å². The Morgan fingerprint density at radius 1 is 1.10 bits per heavy atom. The van der Waals surface area contributed by atoms with Crippen molar-refractivity contribution < 1.29 is 14.4 Å². The maximum Gasteiger partial charge on any atom is 0.244 e. The van der Waals surface area contributed by atoms with Crippen molar-refractivity contribution in [2.45, 2.75) is 111 Å². The molecule has 5 atom stereocenters. The first-order valence-electron chi connectivity index (χ1n) is 18.7. The molecule has 4 aromatic rings. The average molecular weight is 768 g/mol. The normalized spacial score (nSPS) is 21.8. The van der Waals surface area contributed by atoms with Crippen molar-refractivity contribution in [2.75, 3.05) is 11.9 Å². The summed E-state index contributed by atoms with van der Waals surface area (Å²) >= 11 is 3.20. The van der Waals surface area contributed by atoms with Gasteiger partial charge in [0, 0.05) is 42.9 Å². The highest BCUT2D eigenvalue weighted by Crippen LogP contribution is 2.51. The molecule has 5 unspecified atom stereocenters. The number of halogens is 1. The van der Waals surface area contributed by atoms with Crippen molar-refractivity contribution >= 4 is 58.0 Å². The molecular weight excluding hydrogens is 717 g/mol. The van der Waals surface area contributed by atoms with Crippen LogP contribution < -0.4 is 5.32 Å². The molecule has 1 radical (unpaired) electrons. The highest BCUT2D eigenvalue weighted by atomic mass is 79.9. The number of hydrogen-bond acceptors (Lipinski definition) is 7. The lowest BCUT2D eigenvalue weighted by Gasteiger charge is -2.40. The number of carbonyl (C=O) groups excluding carboxylic acids is 3. The molecule has 2 aliphatic carbocycles. The number of likely N-dealkylation sites (tertiary alicyclic amines) is 1. The van der Waals surface area contributed by atoms with Gasteiger partial charge in [-0.1, -0.05) is 57.7 Å². The number of pyridine rings is 1. The van der Waals surface area contributed by atoms with Crippen LogP contribution in [0.5, 0.6) is 0 Å². The van der Waals surface area contributed by atoms with Gasteiger partial charge in [0.1, 0.15) is 35.8 Å². The van der Waals surface area contributed by atoms with Crippen LogP contribution in [0.25, 0.3) is 22.0 Å². The van der Waals surface area contributed by atoms with E-state index in [2.05, 4.69) is 76.4 Å². The van der Waals surface area contributed by atoms with E-state index in [-0.39, 0.29) is 24.3 Å². The Morgan fingerprint density at radius 2 is 1.85 bits per heavy atom. The van der Waals surface area contributed by atoms with Crippen LogP contribution in [0.1, 0.15) is 99.6 Å². The summed E-state index contributed by atoms with van der Waals surface area (Å²) in [6.45, 7) is 13.0. The molecule has 10 nitrogen and oxygen atoms in total. The summed E-state index contributed by atoms with van der Waals surface area (Å²) in [6.07, 6.45) is 13.1. The largest absolute Gasteiger partial charge is 0.338 e. The van der Waals surface area contributed by atoms with Gasteiger partial charge in [0.2, 0.25) is 12.3 Å². The predicted octanol–water partition coefficient (Wildman–Crippen LogP) is 8.21. The van der Waals surface area contributed by atoms with Gasteiger partial charge in [-0.3, -0.25) is 19.1 Å². The summed E-state index contributed by atoms with van der Waals surface area (Å²) in [6, 6.07) is 8.25. The first-order chi connectivity index (χ1) is 24.9. The fraction of sp³-hybridized carbons (Fsp3) is 0.525. The standard InChI is InChI=1S/C33H43BN5O2.C7H7BrN2O/c1-19-11-21(3)38(17-19)32(41)18-39-31-13-28(26-9-10-30(26)34-14-20(2)24-7-6-8-24)27(25-15-35-23(5)36-16-25)12-29(31)33(37-39)22(4)40;1-5-2-3-6(8)10-7(5)9-4-11/h12-13,15-16,19-21,24,26,30H,6-11,14,17-18H2,1-5H3;2-4H,1H3,(H,9,10,11). The molecule has 0 bridgehead atoms. The first-order valence-corrected chi connectivity index (χ1v) is 19.5. The average Bonchev–Trinajstić information content (AvgIpc) is 3.60. The third kappa shape index (κ3) is 8.32. The van der Waals surface area contributed by atoms with Crippen molar-refractivity contribution in [3.8, 4) is 11.1 Å². The van der Waals surface area contributed by atoms with Gasteiger partial charge in [-0.05, 0) is 108 Å². The van der Waals surface area contributed by atoms with Gasteiger partial charge >= 0.3 is 0 Å². The highest BCUT2D eigenvalue weighted by Gasteiger charge is 2.36. The minimum atomic E-state index is -0.0944. The summed E-state index contributed by atoms with van der Waals surface area (Å²) < 4.78 is 2.49. The molecule has 273 valence electrons. The van der Waals surface area contributed by atoms with Crippen molar-refractivity contribution in [1.29, 1.82) is 0 Å². The zero-order chi connectivity index (χ0) is 37.1. The SMILES string of the molecule is CC(=O)c1nn(CC(=O)N2CC(C)CC2C)c2cc(C3CCC3[B]CC(C)C3CCC3)c(-c3cnc(C)nc3)cc12.Cc1ccc(Br)nc1NC=O. The maximum atomic E-state index is 13.4. The molecule has 3 aliphatic rings. The highest BCUT2D eigenvalue weighted by molar-refractivity contribution is 9.10. The number of hydrogen-bond donors (Lipinski definition) is 1. The van der Waals surface area contributed by atoms with Crippen LogP contribution in [0.15, 0.2) is 41.3 Å².